The lowest BCUT2D eigenvalue weighted by Gasteiger charge is -2.44. The zero-order chi connectivity index (χ0) is 29.3. The molecule has 0 spiro atoms. The molecule has 1 aliphatic rings. The largest absolute Gasteiger partial charge is 0.410 e. The van der Waals surface area contributed by atoms with Crippen molar-refractivity contribution in [3.63, 3.8) is 0 Å². The number of hydrogen-bond donors (Lipinski definition) is 0. The Kier molecular flexibility index (Phi) is 9.67. The molecule has 2 atom stereocenters. The van der Waals surface area contributed by atoms with Gasteiger partial charge in [0, 0.05) is 23.2 Å². The molecule has 0 fully saturated rings. The smallest absolute Gasteiger partial charge is 0.192 e. The topological polar surface area (TPSA) is 35.5 Å². The summed E-state index contributed by atoms with van der Waals surface area (Å²) >= 11 is 0. The minimum atomic E-state index is -2.84. The SMILES string of the molecule is C=C1C(CCP(=O)(c2ccccc2)c2ccccc2)=CC(O[Si](C)(C)C(C)(C)C)C[C@@H]1O[Si](C)(C)C(C)(C)C. The van der Waals surface area contributed by atoms with Gasteiger partial charge in [0.15, 0.2) is 16.6 Å². The van der Waals surface area contributed by atoms with Gasteiger partial charge in [0.1, 0.15) is 7.14 Å². The minimum Gasteiger partial charge on any atom is -0.410 e. The highest BCUT2D eigenvalue weighted by atomic mass is 31.2. The van der Waals surface area contributed by atoms with E-state index in [2.05, 4.69) is 80.4 Å². The van der Waals surface area contributed by atoms with Crippen LogP contribution in [0, 0.1) is 0 Å². The van der Waals surface area contributed by atoms with E-state index in [0.717, 1.165) is 28.2 Å². The van der Waals surface area contributed by atoms with Crippen LogP contribution in [0.25, 0.3) is 0 Å². The number of benzene rings is 2. The first-order valence-electron chi connectivity index (χ1n) is 14.3. The van der Waals surface area contributed by atoms with E-state index in [9.17, 15) is 4.57 Å². The summed E-state index contributed by atoms with van der Waals surface area (Å²) in [5.74, 6) is 0. The van der Waals surface area contributed by atoms with E-state index >= 15 is 0 Å². The Balaban J connectivity index is 1.98. The highest BCUT2D eigenvalue weighted by molar-refractivity contribution is 7.78. The molecule has 0 bridgehead atoms. The van der Waals surface area contributed by atoms with Gasteiger partial charge in [0.25, 0.3) is 0 Å². The summed E-state index contributed by atoms with van der Waals surface area (Å²) in [7, 11) is -6.89. The van der Waals surface area contributed by atoms with Gasteiger partial charge in [-0.1, -0.05) is 115 Å². The second-order valence-electron chi connectivity index (χ2n) is 14.1. The van der Waals surface area contributed by atoms with Gasteiger partial charge in [-0.05, 0) is 53.8 Å². The van der Waals surface area contributed by atoms with Crippen molar-refractivity contribution < 1.29 is 13.4 Å². The summed E-state index contributed by atoms with van der Waals surface area (Å²) in [5.41, 5.74) is 2.17. The summed E-state index contributed by atoms with van der Waals surface area (Å²) < 4.78 is 28.7. The van der Waals surface area contributed by atoms with Crippen molar-refractivity contribution in [2.45, 2.75) is 103 Å². The maximum absolute atomic E-state index is 14.7. The lowest BCUT2D eigenvalue weighted by atomic mass is 9.89. The molecule has 0 saturated carbocycles. The van der Waals surface area contributed by atoms with Crippen molar-refractivity contribution in [2.75, 3.05) is 6.16 Å². The van der Waals surface area contributed by atoms with Crippen molar-refractivity contribution in [2.24, 2.45) is 0 Å². The Morgan fingerprint density at radius 2 is 1.23 bits per heavy atom. The Morgan fingerprint density at radius 3 is 1.67 bits per heavy atom. The lowest BCUT2D eigenvalue weighted by molar-refractivity contribution is 0.129. The fraction of sp³-hybridized carbons (Fsp3) is 0.515. The molecule has 1 unspecified atom stereocenters. The second kappa shape index (κ2) is 11.8. The Labute approximate surface area is 240 Å². The predicted octanol–water partition coefficient (Wildman–Crippen LogP) is 9.06. The molecule has 2 aromatic rings. The second-order valence-corrected chi connectivity index (χ2v) is 26.6. The zero-order valence-electron chi connectivity index (χ0n) is 26.0. The van der Waals surface area contributed by atoms with Gasteiger partial charge in [-0.2, -0.15) is 0 Å². The van der Waals surface area contributed by atoms with Crippen LogP contribution in [0.15, 0.2) is 84.5 Å². The molecule has 39 heavy (non-hydrogen) atoms. The van der Waals surface area contributed by atoms with Crippen molar-refractivity contribution in [3.8, 4) is 0 Å². The lowest BCUT2D eigenvalue weighted by Crippen LogP contribution is -2.48. The molecule has 0 aliphatic heterocycles. The molecule has 2 aromatic carbocycles. The fourth-order valence-corrected chi connectivity index (χ4v) is 9.77. The third-order valence-corrected chi connectivity index (χ3v) is 21.3. The first-order valence-corrected chi connectivity index (χ1v) is 22.0. The van der Waals surface area contributed by atoms with Crippen molar-refractivity contribution in [1.82, 2.24) is 0 Å². The molecule has 3 nitrogen and oxygen atoms in total. The molecule has 1 aliphatic carbocycles. The monoisotopic (exact) mass is 582 g/mol. The van der Waals surface area contributed by atoms with Gasteiger partial charge in [0.2, 0.25) is 0 Å². The molecule has 0 heterocycles. The van der Waals surface area contributed by atoms with Crippen LogP contribution >= 0.6 is 7.14 Å². The summed E-state index contributed by atoms with van der Waals surface area (Å²) in [6.45, 7) is 27.5. The van der Waals surface area contributed by atoms with Crippen LogP contribution in [-0.2, 0) is 13.4 Å². The Bertz CT molecular complexity index is 1160. The summed E-state index contributed by atoms with van der Waals surface area (Å²) in [6.07, 6.45) is 4.16. The maximum atomic E-state index is 14.7. The Hall–Kier alpha value is -1.50. The first kappa shape index (κ1) is 32.0. The van der Waals surface area contributed by atoms with Gasteiger partial charge in [0.05, 0.1) is 12.2 Å². The molecule has 3 rings (SSSR count). The van der Waals surface area contributed by atoms with Gasteiger partial charge in [-0.3, -0.25) is 0 Å². The standard InChI is InChI=1S/C33H51O3PSi2/c1-26-27(22-23-37(34,29-18-14-12-15-19-29)30-20-16-13-17-21-30)24-28(35-38(8,9)32(2,3)4)25-31(26)36-39(10,11)33(5,6)7/h12-21,24,28,31H,1,22-23,25H2,2-11H3/t28?,31-/m0/s1. The fourth-order valence-electron chi connectivity index (χ4n) is 4.52. The highest BCUT2D eigenvalue weighted by Gasteiger charge is 2.44. The minimum absolute atomic E-state index is 0.0333. The molecule has 0 radical (unpaired) electrons. The molecule has 0 amide bonds. The molecular weight excluding hydrogens is 532 g/mol. The molecule has 214 valence electrons. The normalized spacial score (nSPS) is 19.6. The summed E-state index contributed by atoms with van der Waals surface area (Å²) in [4.78, 5) is 0. The molecular formula is C33H51O3PSi2. The van der Waals surface area contributed by atoms with E-state index in [4.69, 9.17) is 8.85 Å². The van der Waals surface area contributed by atoms with Gasteiger partial charge < -0.3 is 13.4 Å². The van der Waals surface area contributed by atoms with Crippen molar-refractivity contribution in [1.29, 1.82) is 0 Å². The van der Waals surface area contributed by atoms with Crippen LogP contribution in [0.3, 0.4) is 0 Å². The molecule has 6 heteroatoms. The van der Waals surface area contributed by atoms with Crippen LogP contribution in [0.2, 0.25) is 36.3 Å². The van der Waals surface area contributed by atoms with Crippen LogP contribution in [0.1, 0.15) is 54.4 Å². The third kappa shape index (κ3) is 7.43. The van der Waals surface area contributed by atoms with Crippen LogP contribution in [-0.4, -0.2) is 35.0 Å². The summed E-state index contributed by atoms with van der Waals surface area (Å²) in [6, 6.07) is 19.9. The molecule has 0 N–H and O–H groups in total. The van der Waals surface area contributed by atoms with Crippen LogP contribution in [0.5, 0.6) is 0 Å². The highest BCUT2D eigenvalue weighted by Crippen LogP contribution is 2.47. The average Bonchev–Trinajstić information content (AvgIpc) is 2.84. The van der Waals surface area contributed by atoms with Gasteiger partial charge in [-0.15, -0.1) is 0 Å². The quantitative estimate of drug-likeness (QED) is 0.219. The van der Waals surface area contributed by atoms with Crippen LogP contribution in [0.4, 0.5) is 0 Å². The van der Waals surface area contributed by atoms with Crippen LogP contribution < -0.4 is 10.6 Å². The number of hydrogen-bond acceptors (Lipinski definition) is 3. The molecule has 0 aromatic heterocycles. The third-order valence-electron chi connectivity index (χ3n) is 9.17. The molecule has 0 saturated heterocycles. The van der Waals surface area contributed by atoms with Crippen molar-refractivity contribution in [3.05, 3.63) is 84.5 Å². The van der Waals surface area contributed by atoms with E-state index in [-0.39, 0.29) is 22.3 Å². The Morgan fingerprint density at radius 1 is 0.795 bits per heavy atom. The maximum Gasteiger partial charge on any atom is 0.192 e. The van der Waals surface area contributed by atoms with E-state index in [1.807, 2.05) is 60.7 Å². The predicted molar refractivity (Wildman–Crippen MR) is 175 cm³/mol. The average molecular weight is 583 g/mol. The van der Waals surface area contributed by atoms with Gasteiger partial charge in [-0.25, -0.2) is 0 Å². The van der Waals surface area contributed by atoms with E-state index in [1.54, 1.807) is 0 Å². The van der Waals surface area contributed by atoms with Gasteiger partial charge >= 0.3 is 0 Å². The first-order chi connectivity index (χ1) is 17.9. The van der Waals surface area contributed by atoms with E-state index < -0.39 is 23.8 Å². The van der Waals surface area contributed by atoms with Crippen molar-refractivity contribution >= 4 is 34.4 Å². The van der Waals surface area contributed by atoms with E-state index in [1.165, 1.54) is 0 Å². The summed E-state index contributed by atoms with van der Waals surface area (Å²) in [5, 5.41) is 2.02. The zero-order valence-corrected chi connectivity index (χ0v) is 28.9. The number of rotatable bonds is 9. The van der Waals surface area contributed by atoms with E-state index in [0.29, 0.717) is 12.6 Å².